The van der Waals surface area contributed by atoms with Gasteiger partial charge in [-0.3, -0.25) is 4.90 Å². The molecule has 0 unspecified atom stereocenters. The maximum absolute atomic E-state index is 5.86. The molecule has 1 aromatic heterocycles. The van der Waals surface area contributed by atoms with Crippen LogP contribution in [-0.4, -0.2) is 55.3 Å². The lowest BCUT2D eigenvalue weighted by Gasteiger charge is -2.36. The number of hydrogen-bond acceptors (Lipinski definition) is 5. The summed E-state index contributed by atoms with van der Waals surface area (Å²) in [5, 5.41) is 0. The fourth-order valence-electron chi connectivity index (χ4n) is 2.46. The highest BCUT2D eigenvalue weighted by Crippen LogP contribution is 2.27. The Labute approximate surface area is 121 Å². The number of anilines is 1. The minimum atomic E-state index is 0.170. The number of ether oxygens (including phenoxy) is 1. The largest absolute Gasteiger partial charge is 0.487 e. The van der Waals surface area contributed by atoms with Crippen LogP contribution in [0.25, 0.3) is 0 Å². The normalized spacial score (nSPS) is 16.7. The molecule has 1 saturated heterocycles. The third-order valence-corrected chi connectivity index (χ3v) is 3.46. The van der Waals surface area contributed by atoms with Crippen molar-refractivity contribution in [3.8, 4) is 5.75 Å². The molecule has 0 radical (unpaired) electrons. The number of nitrogens with two attached hydrogens (primary N) is 1. The van der Waals surface area contributed by atoms with Crippen LogP contribution < -0.4 is 15.4 Å². The second-order valence-electron chi connectivity index (χ2n) is 5.46. The average molecular weight is 278 g/mol. The fourth-order valence-corrected chi connectivity index (χ4v) is 2.46. The maximum Gasteiger partial charge on any atom is 0.171 e. The Morgan fingerprint density at radius 1 is 1.30 bits per heavy atom. The molecule has 2 heterocycles. The smallest absolute Gasteiger partial charge is 0.171 e. The molecular weight excluding hydrogens is 252 g/mol. The lowest BCUT2D eigenvalue weighted by atomic mass is 10.2. The van der Waals surface area contributed by atoms with Crippen molar-refractivity contribution < 1.29 is 4.74 Å². The summed E-state index contributed by atoms with van der Waals surface area (Å²) in [5.41, 5.74) is 5.57. The van der Waals surface area contributed by atoms with Gasteiger partial charge in [0.2, 0.25) is 0 Å². The summed E-state index contributed by atoms with van der Waals surface area (Å²) in [6.45, 7) is 10.1. The highest BCUT2D eigenvalue weighted by Gasteiger charge is 2.20. The van der Waals surface area contributed by atoms with Gasteiger partial charge in [-0.1, -0.05) is 0 Å². The Morgan fingerprint density at radius 3 is 2.70 bits per heavy atom. The van der Waals surface area contributed by atoms with Crippen LogP contribution in [0.1, 0.15) is 20.3 Å². The minimum absolute atomic E-state index is 0.170. The van der Waals surface area contributed by atoms with Gasteiger partial charge in [0.25, 0.3) is 0 Å². The quantitative estimate of drug-likeness (QED) is 0.851. The Kier molecular flexibility index (Phi) is 5.61. The molecule has 112 valence electrons. The van der Waals surface area contributed by atoms with Gasteiger partial charge in [0.15, 0.2) is 11.6 Å². The molecule has 0 spiro atoms. The van der Waals surface area contributed by atoms with Crippen molar-refractivity contribution in [3.63, 3.8) is 0 Å². The van der Waals surface area contributed by atoms with Crippen molar-refractivity contribution in [1.82, 2.24) is 9.88 Å². The van der Waals surface area contributed by atoms with E-state index in [1.165, 1.54) is 0 Å². The number of rotatable bonds is 6. The first-order chi connectivity index (χ1) is 9.70. The van der Waals surface area contributed by atoms with Crippen molar-refractivity contribution in [2.24, 2.45) is 5.73 Å². The first-order valence-electron chi connectivity index (χ1n) is 7.49. The molecule has 1 aliphatic rings. The van der Waals surface area contributed by atoms with Crippen LogP contribution in [0.2, 0.25) is 0 Å². The van der Waals surface area contributed by atoms with E-state index in [0.29, 0.717) is 0 Å². The van der Waals surface area contributed by atoms with Crippen LogP contribution in [0.3, 0.4) is 0 Å². The third-order valence-electron chi connectivity index (χ3n) is 3.46. The summed E-state index contributed by atoms with van der Waals surface area (Å²) in [6, 6.07) is 3.93. The second kappa shape index (κ2) is 7.45. The summed E-state index contributed by atoms with van der Waals surface area (Å²) >= 11 is 0. The Bertz CT molecular complexity index is 403. The molecule has 2 rings (SSSR count). The molecule has 0 aromatic carbocycles. The molecule has 5 heteroatoms. The van der Waals surface area contributed by atoms with Gasteiger partial charge < -0.3 is 15.4 Å². The van der Waals surface area contributed by atoms with Gasteiger partial charge in [-0.05, 0) is 45.5 Å². The number of hydrogen-bond donors (Lipinski definition) is 1. The van der Waals surface area contributed by atoms with Crippen molar-refractivity contribution in [2.75, 3.05) is 44.2 Å². The standard InChI is InChI=1S/C15H26N4O/c1-13(2)20-14-5-3-7-17-15(14)19-11-9-18(10-12-19)8-4-6-16/h3,5,7,13H,4,6,8-12,16H2,1-2H3. The summed E-state index contributed by atoms with van der Waals surface area (Å²) < 4.78 is 5.86. The van der Waals surface area contributed by atoms with E-state index < -0.39 is 0 Å². The zero-order valence-electron chi connectivity index (χ0n) is 12.6. The molecule has 5 nitrogen and oxygen atoms in total. The number of piperazine rings is 1. The first-order valence-corrected chi connectivity index (χ1v) is 7.49. The minimum Gasteiger partial charge on any atom is -0.487 e. The monoisotopic (exact) mass is 278 g/mol. The predicted octanol–water partition coefficient (Wildman–Crippen LogP) is 1.34. The van der Waals surface area contributed by atoms with Gasteiger partial charge in [0.05, 0.1) is 6.10 Å². The lowest BCUT2D eigenvalue weighted by molar-refractivity contribution is 0.236. The van der Waals surface area contributed by atoms with Gasteiger partial charge in [-0.15, -0.1) is 0 Å². The second-order valence-corrected chi connectivity index (χ2v) is 5.46. The van der Waals surface area contributed by atoms with Crippen LogP contribution in [0.4, 0.5) is 5.82 Å². The summed E-state index contributed by atoms with van der Waals surface area (Å²) in [6.07, 6.45) is 3.08. The van der Waals surface area contributed by atoms with Crippen LogP contribution >= 0.6 is 0 Å². The molecule has 0 atom stereocenters. The van der Waals surface area contributed by atoms with E-state index in [1.807, 2.05) is 32.2 Å². The van der Waals surface area contributed by atoms with E-state index >= 15 is 0 Å². The highest BCUT2D eigenvalue weighted by molar-refractivity contribution is 5.52. The zero-order valence-corrected chi connectivity index (χ0v) is 12.6. The Balaban J connectivity index is 1.96. The van der Waals surface area contributed by atoms with E-state index in [4.69, 9.17) is 10.5 Å². The maximum atomic E-state index is 5.86. The summed E-state index contributed by atoms with van der Waals surface area (Å²) in [4.78, 5) is 9.29. The van der Waals surface area contributed by atoms with E-state index in [-0.39, 0.29) is 6.10 Å². The molecule has 1 aliphatic heterocycles. The molecule has 2 N–H and O–H groups in total. The zero-order chi connectivity index (χ0) is 14.4. The van der Waals surface area contributed by atoms with Crippen molar-refractivity contribution in [3.05, 3.63) is 18.3 Å². The van der Waals surface area contributed by atoms with Gasteiger partial charge in [-0.25, -0.2) is 4.98 Å². The van der Waals surface area contributed by atoms with Crippen LogP contribution in [0.15, 0.2) is 18.3 Å². The van der Waals surface area contributed by atoms with Crippen molar-refractivity contribution in [1.29, 1.82) is 0 Å². The van der Waals surface area contributed by atoms with Crippen LogP contribution in [0.5, 0.6) is 5.75 Å². The van der Waals surface area contributed by atoms with Gasteiger partial charge >= 0.3 is 0 Å². The highest BCUT2D eigenvalue weighted by atomic mass is 16.5. The topological polar surface area (TPSA) is 54.6 Å². The molecule has 1 aromatic rings. The number of aromatic nitrogens is 1. The number of pyridine rings is 1. The van der Waals surface area contributed by atoms with Gasteiger partial charge in [-0.2, -0.15) is 0 Å². The van der Waals surface area contributed by atoms with Gasteiger partial charge in [0, 0.05) is 32.4 Å². The van der Waals surface area contributed by atoms with E-state index in [2.05, 4.69) is 14.8 Å². The molecule has 0 aliphatic carbocycles. The first kappa shape index (κ1) is 15.1. The van der Waals surface area contributed by atoms with E-state index in [1.54, 1.807) is 0 Å². The van der Waals surface area contributed by atoms with E-state index in [9.17, 15) is 0 Å². The number of nitrogens with zero attached hydrogens (tertiary/aromatic N) is 3. The average Bonchev–Trinajstić information content (AvgIpc) is 2.46. The molecule has 20 heavy (non-hydrogen) atoms. The van der Waals surface area contributed by atoms with Crippen LogP contribution in [-0.2, 0) is 0 Å². The third kappa shape index (κ3) is 4.08. The van der Waals surface area contributed by atoms with Crippen molar-refractivity contribution >= 4 is 5.82 Å². The van der Waals surface area contributed by atoms with E-state index in [0.717, 1.165) is 57.3 Å². The van der Waals surface area contributed by atoms with Crippen LogP contribution in [0, 0.1) is 0 Å². The molecule has 1 fully saturated rings. The summed E-state index contributed by atoms with van der Waals surface area (Å²) in [5.74, 6) is 1.86. The lowest BCUT2D eigenvalue weighted by Crippen LogP contribution is -2.47. The Hall–Kier alpha value is -1.33. The fraction of sp³-hybridized carbons (Fsp3) is 0.667. The SMILES string of the molecule is CC(C)Oc1cccnc1N1CCN(CCCN)CC1. The predicted molar refractivity (Wildman–Crippen MR) is 82.3 cm³/mol. The molecule has 0 saturated carbocycles. The molecular formula is C15H26N4O. The van der Waals surface area contributed by atoms with Gasteiger partial charge in [0.1, 0.15) is 0 Å². The van der Waals surface area contributed by atoms with Crippen molar-refractivity contribution in [2.45, 2.75) is 26.4 Å². The Morgan fingerprint density at radius 2 is 2.05 bits per heavy atom. The molecule has 0 amide bonds. The molecule has 0 bridgehead atoms. The summed E-state index contributed by atoms with van der Waals surface area (Å²) in [7, 11) is 0.